The first-order valence-electron chi connectivity index (χ1n) is 11.2. The predicted molar refractivity (Wildman–Crippen MR) is 128 cm³/mol. The molecule has 1 atom stereocenters. The van der Waals surface area contributed by atoms with Crippen LogP contribution in [0.4, 0.5) is 0 Å². The van der Waals surface area contributed by atoms with Gasteiger partial charge in [0.1, 0.15) is 23.0 Å². The number of fused-ring (bicyclic) bond motifs is 3. The van der Waals surface area contributed by atoms with E-state index in [4.69, 9.17) is 18.9 Å². The first-order valence-corrected chi connectivity index (χ1v) is 11.2. The number of esters is 2. The summed E-state index contributed by atoms with van der Waals surface area (Å²) >= 11 is 0. The third kappa shape index (κ3) is 4.17. The number of carbonyl (C=O) groups excluding carboxylic acids is 3. The van der Waals surface area contributed by atoms with E-state index in [2.05, 4.69) is 4.74 Å². The Morgan fingerprint density at radius 1 is 0.972 bits per heavy atom. The maximum Gasteiger partial charge on any atom is 0.343 e. The highest BCUT2D eigenvalue weighted by atomic mass is 16.6. The molecule has 0 spiro atoms. The van der Waals surface area contributed by atoms with Crippen molar-refractivity contribution in [1.82, 2.24) is 0 Å². The number of carbonyl (C=O) groups is 3. The SMILES string of the molecule is COC(=O)COc1ccccc1C1CC(=O)Oc2ccc3c(c21)O/C(=C\c1ccccc1OC)C3=O. The van der Waals surface area contributed by atoms with Crippen LogP contribution in [0.5, 0.6) is 23.0 Å². The number of methoxy groups -OCH3 is 2. The monoisotopic (exact) mass is 486 g/mol. The molecule has 0 aliphatic carbocycles. The minimum Gasteiger partial charge on any atom is -0.496 e. The van der Waals surface area contributed by atoms with Crippen molar-refractivity contribution in [3.63, 3.8) is 0 Å². The van der Waals surface area contributed by atoms with Gasteiger partial charge in [-0.15, -0.1) is 0 Å². The molecular weight excluding hydrogens is 464 g/mol. The Morgan fingerprint density at radius 3 is 2.50 bits per heavy atom. The van der Waals surface area contributed by atoms with Crippen LogP contribution >= 0.6 is 0 Å². The average Bonchev–Trinajstić information content (AvgIpc) is 3.22. The van der Waals surface area contributed by atoms with Crippen molar-refractivity contribution in [2.75, 3.05) is 20.8 Å². The highest BCUT2D eigenvalue weighted by Crippen LogP contribution is 2.50. The number of rotatable bonds is 6. The summed E-state index contributed by atoms with van der Waals surface area (Å²) in [5, 5.41) is 0. The maximum absolute atomic E-state index is 13.3. The summed E-state index contributed by atoms with van der Waals surface area (Å²) in [6.45, 7) is -0.286. The Balaban J connectivity index is 1.58. The Labute approximate surface area is 207 Å². The first kappa shape index (κ1) is 23.2. The molecule has 2 aliphatic rings. The van der Waals surface area contributed by atoms with Crippen molar-refractivity contribution in [2.24, 2.45) is 0 Å². The molecule has 36 heavy (non-hydrogen) atoms. The van der Waals surface area contributed by atoms with Gasteiger partial charge in [0.25, 0.3) is 0 Å². The Hall–Kier alpha value is -4.59. The number of hydrogen-bond acceptors (Lipinski definition) is 8. The molecule has 2 heterocycles. The lowest BCUT2D eigenvalue weighted by molar-refractivity contribution is -0.143. The van der Waals surface area contributed by atoms with E-state index in [0.717, 1.165) is 0 Å². The summed E-state index contributed by atoms with van der Waals surface area (Å²) in [5.74, 6) is 0.0199. The molecule has 3 aromatic rings. The van der Waals surface area contributed by atoms with E-state index >= 15 is 0 Å². The highest BCUT2D eigenvalue weighted by molar-refractivity contribution is 6.15. The molecule has 8 heteroatoms. The minimum atomic E-state index is -0.533. The van der Waals surface area contributed by atoms with Crippen molar-refractivity contribution in [3.8, 4) is 23.0 Å². The largest absolute Gasteiger partial charge is 0.496 e. The molecule has 0 saturated carbocycles. The topological polar surface area (TPSA) is 97.4 Å². The van der Waals surface area contributed by atoms with Gasteiger partial charge in [-0.2, -0.15) is 0 Å². The molecule has 0 amide bonds. The standard InChI is InChI=1S/C28H22O8/c1-32-20-9-5-3-7-16(20)13-23-27(31)18-11-12-22-26(28(18)36-23)19(14-24(29)35-22)17-8-4-6-10-21(17)34-15-25(30)33-2/h3-13,19H,14-15H2,1-2H3/b23-13-. The van der Waals surface area contributed by atoms with Crippen LogP contribution in [0.2, 0.25) is 0 Å². The lowest BCUT2D eigenvalue weighted by Gasteiger charge is -2.27. The number of hydrogen-bond donors (Lipinski definition) is 0. The van der Waals surface area contributed by atoms with E-state index in [1.54, 1.807) is 49.6 Å². The zero-order valence-electron chi connectivity index (χ0n) is 19.6. The highest BCUT2D eigenvalue weighted by Gasteiger charge is 2.39. The fourth-order valence-electron chi connectivity index (χ4n) is 4.39. The molecule has 0 aromatic heterocycles. The molecule has 0 N–H and O–H groups in total. The minimum absolute atomic E-state index is 0.00512. The molecule has 0 bridgehead atoms. The van der Waals surface area contributed by atoms with Gasteiger partial charge in [0, 0.05) is 22.6 Å². The van der Waals surface area contributed by atoms with Gasteiger partial charge in [-0.3, -0.25) is 9.59 Å². The van der Waals surface area contributed by atoms with E-state index in [0.29, 0.717) is 45.3 Å². The fourth-order valence-corrected chi connectivity index (χ4v) is 4.39. The Bertz CT molecular complexity index is 1400. The molecule has 3 aromatic carbocycles. The molecule has 1 unspecified atom stereocenters. The fraction of sp³-hybridized carbons (Fsp3) is 0.179. The number of para-hydroxylation sites is 2. The molecule has 2 aliphatic heterocycles. The number of benzene rings is 3. The molecule has 0 radical (unpaired) electrons. The molecule has 5 rings (SSSR count). The summed E-state index contributed by atoms with van der Waals surface area (Å²) in [5.41, 5.74) is 2.28. The van der Waals surface area contributed by atoms with E-state index < -0.39 is 17.9 Å². The van der Waals surface area contributed by atoms with Crippen molar-refractivity contribution in [3.05, 3.63) is 88.7 Å². The van der Waals surface area contributed by atoms with Gasteiger partial charge in [-0.05, 0) is 30.3 Å². The van der Waals surface area contributed by atoms with Crippen LogP contribution in [0.1, 0.15) is 39.4 Å². The van der Waals surface area contributed by atoms with Gasteiger partial charge < -0.3 is 23.7 Å². The summed E-state index contributed by atoms with van der Waals surface area (Å²) in [6.07, 6.45) is 1.63. The second-order valence-electron chi connectivity index (χ2n) is 8.17. The number of ketones is 1. The zero-order valence-corrected chi connectivity index (χ0v) is 19.6. The molecular formula is C28H22O8. The van der Waals surface area contributed by atoms with Crippen LogP contribution < -0.4 is 18.9 Å². The Kier molecular flexibility index (Phi) is 6.16. The van der Waals surface area contributed by atoms with Crippen LogP contribution in [0, 0.1) is 0 Å². The van der Waals surface area contributed by atoms with Crippen molar-refractivity contribution >= 4 is 23.8 Å². The van der Waals surface area contributed by atoms with Gasteiger partial charge in [-0.1, -0.05) is 36.4 Å². The Morgan fingerprint density at radius 2 is 1.72 bits per heavy atom. The second-order valence-corrected chi connectivity index (χ2v) is 8.17. The van der Waals surface area contributed by atoms with E-state index in [1.807, 2.05) is 24.3 Å². The smallest absolute Gasteiger partial charge is 0.343 e. The molecule has 8 nitrogen and oxygen atoms in total. The average molecular weight is 486 g/mol. The van der Waals surface area contributed by atoms with Crippen LogP contribution in [0.25, 0.3) is 6.08 Å². The van der Waals surface area contributed by atoms with E-state index in [9.17, 15) is 14.4 Å². The summed E-state index contributed by atoms with van der Waals surface area (Å²) < 4.78 is 27.4. The van der Waals surface area contributed by atoms with Crippen LogP contribution in [-0.2, 0) is 14.3 Å². The normalized spacial score (nSPS) is 17.1. The van der Waals surface area contributed by atoms with Gasteiger partial charge >= 0.3 is 11.9 Å². The number of allylic oxidation sites excluding steroid dienone is 1. The second kappa shape index (κ2) is 9.58. The lowest BCUT2D eigenvalue weighted by atomic mass is 9.84. The summed E-state index contributed by atoms with van der Waals surface area (Å²) in [7, 11) is 2.83. The van der Waals surface area contributed by atoms with Gasteiger partial charge in [-0.25, -0.2) is 4.79 Å². The third-order valence-corrected chi connectivity index (χ3v) is 6.07. The maximum atomic E-state index is 13.3. The van der Waals surface area contributed by atoms with Crippen molar-refractivity contribution < 1.29 is 38.1 Å². The summed E-state index contributed by atoms with van der Waals surface area (Å²) in [6, 6.07) is 17.6. The van der Waals surface area contributed by atoms with Gasteiger partial charge in [0.05, 0.1) is 26.2 Å². The number of ether oxygens (including phenoxy) is 5. The molecule has 0 fully saturated rings. The third-order valence-electron chi connectivity index (χ3n) is 6.07. The first-order chi connectivity index (χ1) is 17.5. The lowest BCUT2D eigenvalue weighted by Crippen LogP contribution is -2.22. The van der Waals surface area contributed by atoms with Crippen LogP contribution in [0.3, 0.4) is 0 Å². The van der Waals surface area contributed by atoms with E-state index in [-0.39, 0.29) is 24.6 Å². The van der Waals surface area contributed by atoms with Crippen LogP contribution in [-0.4, -0.2) is 38.5 Å². The van der Waals surface area contributed by atoms with E-state index in [1.165, 1.54) is 7.11 Å². The quantitative estimate of drug-likeness (QED) is 0.289. The van der Waals surface area contributed by atoms with Gasteiger partial charge in [0.2, 0.25) is 5.78 Å². The number of Topliss-reactive ketones (excluding diaryl/α,β-unsaturated/α-hetero) is 1. The molecule has 0 saturated heterocycles. The van der Waals surface area contributed by atoms with Crippen molar-refractivity contribution in [1.29, 1.82) is 0 Å². The summed E-state index contributed by atoms with van der Waals surface area (Å²) in [4.78, 5) is 37.4. The van der Waals surface area contributed by atoms with Gasteiger partial charge in [0.15, 0.2) is 12.4 Å². The zero-order chi connectivity index (χ0) is 25.2. The van der Waals surface area contributed by atoms with Crippen LogP contribution in [0.15, 0.2) is 66.4 Å². The van der Waals surface area contributed by atoms with Crippen molar-refractivity contribution in [2.45, 2.75) is 12.3 Å². The molecule has 182 valence electrons. The predicted octanol–water partition coefficient (Wildman–Crippen LogP) is 4.30.